The number of benzene rings is 1. The summed E-state index contributed by atoms with van der Waals surface area (Å²) in [7, 11) is 1.57. The van der Waals surface area contributed by atoms with Gasteiger partial charge in [-0.2, -0.15) is 0 Å². The van der Waals surface area contributed by atoms with E-state index in [4.69, 9.17) is 0 Å². The second-order valence-electron chi connectivity index (χ2n) is 6.07. The van der Waals surface area contributed by atoms with Crippen molar-refractivity contribution < 1.29 is 14.7 Å². The van der Waals surface area contributed by atoms with Gasteiger partial charge in [0.2, 0.25) is 5.91 Å². The number of aliphatic hydroxyl groups excluding tert-OH is 1. The highest BCUT2D eigenvalue weighted by atomic mass is 16.3. The highest BCUT2D eigenvalue weighted by Crippen LogP contribution is 2.20. The molecular formula is C17H23N5O3. The van der Waals surface area contributed by atoms with Crippen LogP contribution in [0.15, 0.2) is 18.2 Å². The number of piperazine rings is 1. The number of nitrogens with one attached hydrogen (secondary N) is 2. The van der Waals surface area contributed by atoms with Crippen LogP contribution in [-0.4, -0.2) is 70.7 Å². The third kappa shape index (κ3) is 3.22. The van der Waals surface area contributed by atoms with Gasteiger partial charge in [-0.15, -0.1) is 0 Å². The molecule has 3 N–H and O–H groups in total. The first-order valence-electron chi connectivity index (χ1n) is 8.38. The van der Waals surface area contributed by atoms with Gasteiger partial charge in [-0.3, -0.25) is 9.59 Å². The van der Waals surface area contributed by atoms with Gasteiger partial charge >= 0.3 is 0 Å². The molecule has 8 heteroatoms. The molecule has 1 atom stereocenters. The minimum Gasteiger partial charge on any atom is -0.395 e. The topological polar surface area (TPSA) is 99.5 Å². The maximum absolute atomic E-state index is 12.9. The first kappa shape index (κ1) is 17.4. The highest BCUT2D eigenvalue weighted by molar-refractivity contribution is 6.00. The monoisotopic (exact) mass is 345 g/mol. The lowest BCUT2D eigenvalue weighted by Crippen LogP contribution is -2.59. The summed E-state index contributed by atoms with van der Waals surface area (Å²) in [6.07, 6.45) is 0. The molecule has 25 heavy (non-hydrogen) atoms. The van der Waals surface area contributed by atoms with Crippen molar-refractivity contribution in [1.82, 2.24) is 25.1 Å². The highest BCUT2D eigenvalue weighted by Gasteiger charge is 2.32. The second-order valence-corrected chi connectivity index (χ2v) is 6.07. The SMILES string of the molecule is CNC(=O)[C@@H]1CNCCN1C(=O)c1ccc2c(c1)nc(C)n2CCO. The van der Waals surface area contributed by atoms with E-state index in [0.717, 1.165) is 11.3 Å². The molecular weight excluding hydrogens is 322 g/mol. The number of rotatable bonds is 4. The summed E-state index contributed by atoms with van der Waals surface area (Å²) in [4.78, 5) is 31.1. The van der Waals surface area contributed by atoms with Crippen LogP contribution in [0, 0.1) is 6.92 Å². The molecule has 3 rings (SSSR count). The van der Waals surface area contributed by atoms with E-state index >= 15 is 0 Å². The Kier molecular flexibility index (Phi) is 5.00. The summed E-state index contributed by atoms with van der Waals surface area (Å²) >= 11 is 0. The Morgan fingerprint density at radius 2 is 2.24 bits per heavy atom. The number of carbonyl (C=O) groups excluding carboxylic acids is 2. The smallest absolute Gasteiger partial charge is 0.254 e. The average Bonchev–Trinajstić information content (AvgIpc) is 2.95. The van der Waals surface area contributed by atoms with Crippen LogP contribution in [0.1, 0.15) is 16.2 Å². The van der Waals surface area contributed by atoms with Gasteiger partial charge in [0, 0.05) is 38.8 Å². The number of fused-ring (bicyclic) bond motifs is 1. The molecule has 134 valence electrons. The summed E-state index contributed by atoms with van der Waals surface area (Å²) < 4.78 is 1.92. The van der Waals surface area contributed by atoms with Crippen LogP contribution in [0.2, 0.25) is 0 Å². The third-order valence-corrected chi connectivity index (χ3v) is 4.56. The molecule has 1 aliphatic heterocycles. The van der Waals surface area contributed by atoms with Crippen molar-refractivity contribution in [2.45, 2.75) is 19.5 Å². The Balaban J connectivity index is 1.92. The number of aromatic nitrogens is 2. The molecule has 1 saturated heterocycles. The predicted octanol–water partition coefficient (Wildman–Crippen LogP) is -0.503. The normalized spacial score (nSPS) is 17.7. The Hall–Kier alpha value is -2.45. The zero-order valence-electron chi connectivity index (χ0n) is 14.5. The van der Waals surface area contributed by atoms with E-state index < -0.39 is 6.04 Å². The fraction of sp³-hybridized carbons (Fsp3) is 0.471. The molecule has 1 aromatic heterocycles. The van der Waals surface area contributed by atoms with Crippen molar-refractivity contribution in [1.29, 1.82) is 0 Å². The fourth-order valence-electron chi connectivity index (χ4n) is 3.28. The summed E-state index contributed by atoms with van der Waals surface area (Å²) in [5.41, 5.74) is 2.10. The van der Waals surface area contributed by atoms with Gasteiger partial charge in [0.25, 0.3) is 5.91 Å². The minimum absolute atomic E-state index is 0.0293. The standard InChI is InChI=1S/C17H23N5O3/c1-11-20-13-9-12(3-4-14(13)21(11)7-8-23)17(25)22-6-5-19-10-15(22)16(24)18-2/h3-4,9,15,19,23H,5-8,10H2,1-2H3,(H,18,24)/t15-/m0/s1. The molecule has 2 aromatic rings. The van der Waals surface area contributed by atoms with Crippen LogP contribution in [0.4, 0.5) is 0 Å². The summed E-state index contributed by atoms with van der Waals surface area (Å²) in [5.74, 6) is 0.440. The zero-order valence-corrected chi connectivity index (χ0v) is 14.5. The predicted molar refractivity (Wildman–Crippen MR) is 93.3 cm³/mol. The minimum atomic E-state index is -0.518. The lowest BCUT2D eigenvalue weighted by molar-refractivity contribution is -0.125. The molecule has 8 nitrogen and oxygen atoms in total. The number of amides is 2. The fourth-order valence-corrected chi connectivity index (χ4v) is 3.28. The number of aliphatic hydroxyl groups is 1. The first-order chi connectivity index (χ1) is 12.1. The number of hydrogen-bond donors (Lipinski definition) is 3. The summed E-state index contributed by atoms with van der Waals surface area (Å²) in [6.45, 7) is 3.94. The third-order valence-electron chi connectivity index (χ3n) is 4.56. The van der Waals surface area contributed by atoms with Gasteiger partial charge < -0.3 is 25.2 Å². The van der Waals surface area contributed by atoms with Crippen LogP contribution in [0.25, 0.3) is 11.0 Å². The van der Waals surface area contributed by atoms with E-state index in [0.29, 0.717) is 37.3 Å². The van der Waals surface area contributed by atoms with Gasteiger partial charge in [-0.25, -0.2) is 4.98 Å². The number of imidazole rings is 1. The van der Waals surface area contributed by atoms with Crippen molar-refractivity contribution in [2.24, 2.45) is 0 Å². The average molecular weight is 345 g/mol. The zero-order chi connectivity index (χ0) is 18.0. The quantitative estimate of drug-likeness (QED) is 0.694. The van der Waals surface area contributed by atoms with Crippen LogP contribution in [0.5, 0.6) is 0 Å². The van der Waals surface area contributed by atoms with Gasteiger partial charge in [0.05, 0.1) is 17.6 Å². The summed E-state index contributed by atoms with van der Waals surface area (Å²) in [5, 5.41) is 14.9. The van der Waals surface area contributed by atoms with Gasteiger partial charge in [0.1, 0.15) is 11.9 Å². The first-order valence-corrected chi connectivity index (χ1v) is 8.38. The van der Waals surface area contributed by atoms with E-state index in [1.165, 1.54) is 0 Å². The maximum Gasteiger partial charge on any atom is 0.254 e. The van der Waals surface area contributed by atoms with E-state index in [9.17, 15) is 14.7 Å². The molecule has 2 heterocycles. The van der Waals surface area contributed by atoms with Gasteiger partial charge in [0.15, 0.2) is 0 Å². The van der Waals surface area contributed by atoms with E-state index in [-0.39, 0.29) is 18.4 Å². The van der Waals surface area contributed by atoms with Crippen LogP contribution in [-0.2, 0) is 11.3 Å². The Bertz CT molecular complexity index is 801. The number of hydrogen-bond acceptors (Lipinski definition) is 5. The van der Waals surface area contributed by atoms with Crippen molar-refractivity contribution >= 4 is 22.8 Å². The molecule has 1 fully saturated rings. The molecule has 0 unspecified atom stereocenters. The number of likely N-dealkylation sites (N-methyl/N-ethyl adjacent to an activating group) is 1. The maximum atomic E-state index is 12.9. The van der Waals surface area contributed by atoms with E-state index in [1.807, 2.05) is 17.6 Å². The molecule has 0 saturated carbocycles. The van der Waals surface area contributed by atoms with Gasteiger partial charge in [-0.1, -0.05) is 0 Å². The van der Waals surface area contributed by atoms with Crippen LogP contribution in [0.3, 0.4) is 0 Å². The Morgan fingerprint density at radius 3 is 2.96 bits per heavy atom. The van der Waals surface area contributed by atoms with Crippen molar-refractivity contribution in [3.8, 4) is 0 Å². The lowest BCUT2D eigenvalue weighted by Gasteiger charge is -2.35. The van der Waals surface area contributed by atoms with Crippen LogP contribution >= 0.6 is 0 Å². The second kappa shape index (κ2) is 7.20. The number of aryl methyl sites for hydroxylation is 1. The molecule has 0 aliphatic carbocycles. The lowest BCUT2D eigenvalue weighted by atomic mass is 10.1. The van der Waals surface area contributed by atoms with E-state index in [2.05, 4.69) is 15.6 Å². The Labute approximate surface area is 145 Å². The molecule has 1 aliphatic rings. The van der Waals surface area contributed by atoms with Crippen molar-refractivity contribution in [2.75, 3.05) is 33.3 Å². The molecule has 0 bridgehead atoms. The van der Waals surface area contributed by atoms with E-state index in [1.54, 1.807) is 24.1 Å². The number of carbonyl (C=O) groups is 2. The Morgan fingerprint density at radius 1 is 1.44 bits per heavy atom. The van der Waals surface area contributed by atoms with Crippen molar-refractivity contribution in [3.63, 3.8) is 0 Å². The van der Waals surface area contributed by atoms with Crippen molar-refractivity contribution in [3.05, 3.63) is 29.6 Å². The van der Waals surface area contributed by atoms with Gasteiger partial charge in [-0.05, 0) is 25.1 Å². The summed E-state index contributed by atoms with van der Waals surface area (Å²) in [6, 6.07) is 4.83. The molecule has 0 radical (unpaired) electrons. The van der Waals surface area contributed by atoms with Crippen LogP contribution < -0.4 is 10.6 Å². The number of nitrogens with zero attached hydrogens (tertiary/aromatic N) is 3. The molecule has 2 amide bonds. The molecule has 0 spiro atoms. The largest absolute Gasteiger partial charge is 0.395 e. The molecule has 1 aromatic carbocycles.